The minimum Gasteiger partial charge on any atom is -0.465 e. The molecule has 0 aliphatic rings. The van der Waals surface area contributed by atoms with Crippen molar-refractivity contribution in [2.24, 2.45) is 0 Å². The Morgan fingerprint density at radius 2 is 1.76 bits per heavy atom. The molecule has 0 saturated carbocycles. The van der Waals surface area contributed by atoms with Gasteiger partial charge in [0.1, 0.15) is 0 Å². The van der Waals surface area contributed by atoms with Crippen molar-refractivity contribution in [2.45, 2.75) is 6.92 Å². The quantitative estimate of drug-likeness (QED) is 0.795. The summed E-state index contributed by atoms with van der Waals surface area (Å²) in [5.74, 6) is -0.921. The number of rotatable bonds is 5. The highest BCUT2D eigenvalue weighted by atomic mass is 32.2. The van der Waals surface area contributed by atoms with Crippen molar-refractivity contribution in [3.8, 4) is 0 Å². The van der Waals surface area contributed by atoms with Crippen LogP contribution < -0.4 is 10.0 Å². The summed E-state index contributed by atoms with van der Waals surface area (Å²) in [6, 6.07) is 11.0. The van der Waals surface area contributed by atoms with Gasteiger partial charge in [-0.05, 0) is 42.8 Å². The van der Waals surface area contributed by atoms with Gasteiger partial charge in [-0.3, -0.25) is 9.52 Å². The molecule has 2 rings (SSSR count). The second kappa shape index (κ2) is 7.35. The minimum atomic E-state index is -3.44. The molecule has 132 valence electrons. The lowest BCUT2D eigenvalue weighted by atomic mass is 10.1. The number of benzene rings is 2. The second-order valence-corrected chi connectivity index (χ2v) is 7.13. The Morgan fingerprint density at radius 3 is 2.40 bits per heavy atom. The van der Waals surface area contributed by atoms with Gasteiger partial charge < -0.3 is 10.1 Å². The van der Waals surface area contributed by atoms with E-state index in [4.69, 9.17) is 4.74 Å². The monoisotopic (exact) mass is 362 g/mol. The maximum atomic E-state index is 12.4. The molecule has 0 saturated heterocycles. The minimum absolute atomic E-state index is 0.275. The molecule has 0 radical (unpaired) electrons. The maximum absolute atomic E-state index is 12.4. The van der Waals surface area contributed by atoms with E-state index < -0.39 is 21.9 Å². The van der Waals surface area contributed by atoms with Crippen LogP contribution in [0.15, 0.2) is 42.5 Å². The predicted octanol–water partition coefficient (Wildman–Crippen LogP) is 2.41. The second-order valence-electron chi connectivity index (χ2n) is 5.38. The summed E-state index contributed by atoms with van der Waals surface area (Å²) in [5.41, 5.74) is 1.96. The van der Waals surface area contributed by atoms with E-state index in [2.05, 4.69) is 10.0 Å². The van der Waals surface area contributed by atoms with Crippen molar-refractivity contribution in [2.75, 3.05) is 23.4 Å². The normalized spacial score (nSPS) is 10.8. The summed E-state index contributed by atoms with van der Waals surface area (Å²) in [5, 5.41) is 2.71. The zero-order valence-electron chi connectivity index (χ0n) is 14.0. The number of hydrogen-bond donors (Lipinski definition) is 2. The van der Waals surface area contributed by atoms with Gasteiger partial charge in [0, 0.05) is 16.9 Å². The van der Waals surface area contributed by atoms with Crippen molar-refractivity contribution in [3.05, 3.63) is 59.2 Å². The van der Waals surface area contributed by atoms with Crippen LogP contribution in [0.3, 0.4) is 0 Å². The number of carbonyl (C=O) groups excluding carboxylic acids is 2. The fourth-order valence-corrected chi connectivity index (χ4v) is 2.79. The molecule has 0 spiro atoms. The molecule has 0 bridgehead atoms. The molecule has 0 unspecified atom stereocenters. The van der Waals surface area contributed by atoms with Crippen molar-refractivity contribution < 1.29 is 22.7 Å². The maximum Gasteiger partial charge on any atom is 0.338 e. The third-order valence-corrected chi connectivity index (χ3v) is 4.02. The highest BCUT2D eigenvalue weighted by Gasteiger charge is 2.14. The molecule has 0 atom stereocenters. The van der Waals surface area contributed by atoms with Gasteiger partial charge in [0.05, 0.1) is 18.9 Å². The highest BCUT2D eigenvalue weighted by molar-refractivity contribution is 7.92. The average Bonchev–Trinajstić information content (AvgIpc) is 2.54. The van der Waals surface area contributed by atoms with Crippen molar-refractivity contribution in [3.63, 3.8) is 0 Å². The zero-order chi connectivity index (χ0) is 18.6. The molecule has 2 N–H and O–H groups in total. The molecule has 0 aliphatic heterocycles. The summed E-state index contributed by atoms with van der Waals surface area (Å²) in [6.45, 7) is 1.70. The number of ether oxygens (including phenoxy) is 1. The van der Waals surface area contributed by atoms with Crippen LogP contribution in [0.5, 0.6) is 0 Å². The van der Waals surface area contributed by atoms with E-state index in [0.29, 0.717) is 16.8 Å². The third-order valence-electron chi connectivity index (χ3n) is 3.42. The molecule has 8 heteroatoms. The van der Waals surface area contributed by atoms with E-state index >= 15 is 0 Å². The first-order chi connectivity index (χ1) is 11.7. The fourth-order valence-electron chi connectivity index (χ4n) is 2.23. The van der Waals surface area contributed by atoms with Gasteiger partial charge in [0.15, 0.2) is 0 Å². The van der Waals surface area contributed by atoms with Crippen LogP contribution in [0.2, 0.25) is 0 Å². The van der Waals surface area contributed by atoms with E-state index in [1.165, 1.54) is 13.2 Å². The van der Waals surface area contributed by atoms with Crippen LogP contribution in [0.4, 0.5) is 11.4 Å². The molecule has 0 fully saturated rings. The Morgan fingerprint density at radius 1 is 1.08 bits per heavy atom. The number of esters is 1. The van der Waals surface area contributed by atoms with Crippen molar-refractivity contribution in [1.82, 2.24) is 0 Å². The number of amides is 1. The molecule has 0 aliphatic carbocycles. The lowest BCUT2D eigenvalue weighted by Crippen LogP contribution is -2.15. The molecule has 25 heavy (non-hydrogen) atoms. The van der Waals surface area contributed by atoms with E-state index in [9.17, 15) is 18.0 Å². The Balaban J connectivity index is 2.26. The average molecular weight is 362 g/mol. The number of nitrogens with one attached hydrogen (secondary N) is 2. The number of sulfonamides is 1. The zero-order valence-corrected chi connectivity index (χ0v) is 14.8. The molecular weight excluding hydrogens is 344 g/mol. The summed E-state index contributed by atoms with van der Waals surface area (Å²) in [4.78, 5) is 24.1. The number of methoxy groups -OCH3 is 1. The first-order valence-corrected chi connectivity index (χ1v) is 9.17. The Hall–Kier alpha value is -2.87. The van der Waals surface area contributed by atoms with Crippen molar-refractivity contribution >= 4 is 33.3 Å². The van der Waals surface area contributed by atoms with Crippen LogP contribution >= 0.6 is 0 Å². The van der Waals surface area contributed by atoms with Crippen LogP contribution in [0, 0.1) is 6.92 Å². The number of anilines is 2. The van der Waals surface area contributed by atoms with Crippen LogP contribution in [-0.4, -0.2) is 33.7 Å². The van der Waals surface area contributed by atoms with Gasteiger partial charge in [0.2, 0.25) is 10.0 Å². The molecule has 7 nitrogen and oxygen atoms in total. The first-order valence-electron chi connectivity index (χ1n) is 7.28. The highest BCUT2D eigenvalue weighted by Crippen LogP contribution is 2.21. The molecule has 0 aromatic heterocycles. The standard InChI is InChI=1S/C17H18N2O5S/c1-11-14(17(21)24-2)8-5-9-15(11)18-16(20)12-6-4-7-13(10-12)19-25(3,22)23/h4-10,19H,1-3H3,(H,18,20). The third kappa shape index (κ3) is 4.80. The lowest BCUT2D eigenvalue weighted by Gasteiger charge is -2.12. The van der Waals surface area contributed by atoms with E-state index in [1.54, 1.807) is 43.3 Å². The van der Waals surface area contributed by atoms with Gasteiger partial charge in [0.25, 0.3) is 5.91 Å². The SMILES string of the molecule is COC(=O)c1cccc(NC(=O)c2cccc(NS(C)(=O)=O)c2)c1C. The smallest absolute Gasteiger partial charge is 0.338 e. The summed E-state index contributed by atoms with van der Waals surface area (Å²) < 4.78 is 29.6. The van der Waals surface area contributed by atoms with Gasteiger partial charge >= 0.3 is 5.97 Å². The predicted molar refractivity (Wildman–Crippen MR) is 95.4 cm³/mol. The van der Waals surface area contributed by atoms with Gasteiger partial charge in [-0.2, -0.15) is 0 Å². The Kier molecular flexibility index (Phi) is 5.43. The van der Waals surface area contributed by atoms with Crippen LogP contribution in [0.25, 0.3) is 0 Å². The number of carbonyl (C=O) groups is 2. The fraction of sp³-hybridized carbons (Fsp3) is 0.176. The molecule has 1 amide bonds. The first kappa shape index (κ1) is 18.5. The van der Waals surface area contributed by atoms with E-state index in [-0.39, 0.29) is 11.3 Å². The topological polar surface area (TPSA) is 102 Å². The lowest BCUT2D eigenvalue weighted by molar-refractivity contribution is 0.0599. The molecular formula is C17H18N2O5S. The van der Waals surface area contributed by atoms with Gasteiger partial charge in [-0.15, -0.1) is 0 Å². The van der Waals surface area contributed by atoms with Crippen molar-refractivity contribution in [1.29, 1.82) is 0 Å². The summed E-state index contributed by atoms with van der Waals surface area (Å²) in [6.07, 6.45) is 1.03. The molecule has 0 heterocycles. The largest absolute Gasteiger partial charge is 0.465 e. The molecule has 2 aromatic rings. The molecule has 2 aromatic carbocycles. The van der Waals surface area contributed by atoms with E-state index in [1.807, 2.05) is 0 Å². The van der Waals surface area contributed by atoms with E-state index in [0.717, 1.165) is 6.26 Å². The van der Waals surface area contributed by atoms with Gasteiger partial charge in [-0.1, -0.05) is 12.1 Å². The van der Waals surface area contributed by atoms with Crippen LogP contribution in [-0.2, 0) is 14.8 Å². The Bertz CT molecular complexity index is 922. The van der Waals surface area contributed by atoms with Crippen LogP contribution in [0.1, 0.15) is 26.3 Å². The number of hydrogen-bond acceptors (Lipinski definition) is 5. The van der Waals surface area contributed by atoms with Gasteiger partial charge in [-0.25, -0.2) is 13.2 Å². The Labute approximate surface area is 146 Å². The summed E-state index contributed by atoms with van der Waals surface area (Å²) >= 11 is 0. The summed E-state index contributed by atoms with van der Waals surface area (Å²) in [7, 11) is -2.15.